The molecule has 1 N–H and O–H groups in total. The largest absolute Gasteiger partial charge is 0.495 e. The molecule has 1 atom stereocenters. The van der Waals surface area contributed by atoms with Crippen LogP contribution in [0.15, 0.2) is 42.2 Å². The van der Waals surface area contributed by atoms with Gasteiger partial charge in [0.1, 0.15) is 11.9 Å². The standard InChI is InChI=1S/C17H22O3/c18-16(15-8-4-5-11-20-15)17(9-12-19-13-10-17)14-6-2-1-3-7-14/h1-3,6-8,16,18H,4-5,9-13H2. The van der Waals surface area contributed by atoms with E-state index in [1.165, 1.54) is 5.56 Å². The first-order chi connectivity index (χ1) is 9.83. The number of aliphatic hydroxyl groups is 1. The van der Waals surface area contributed by atoms with E-state index in [0.29, 0.717) is 19.8 Å². The summed E-state index contributed by atoms with van der Waals surface area (Å²) in [6.07, 6.45) is 5.17. The second-order valence-corrected chi connectivity index (χ2v) is 5.63. The second-order valence-electron chi connectivity index (χ2n) is 5.63. The summed E-state index contributed by atoms with van der Waals surface area (Å²) in [6, 6.07) is 10.3. The van der Waals surface area contributed by atoms with Crippen molar-refractivity contribution in [2.45, 2.75) is 37.2 Å². The van der Waals surface area contributed by atoms with E-state index in [9.17, 15) is 5.11 Å². The van der Waals surface area contributed by atoms with Crippen LogP contribution in [-0.4, -0.2) is 31.0 Å². The molecule has 3 nitrogen and oxygen atoms in total. The zero-order valence-corrected chi connectivity index (χ0v) is 11.8. The Balaban J connectivity index is 1.95. The van der Waals surface area contributed by atoms with Crippen LogP contribution in [0.25, 0.3) is 0 Å². The number of ether oxygens (including phenoxy) is 2. The summed E-state index contributed by atoms with van der Waals surface area (Å²) >= 11 is 0. The van der Waals surface area contributed by atoms with Gasteiger partial charge in [-0.25, -0.2) is 0 Å². The van der Waals surface area contributed by atoms with Crippen molar-refractivity contribution < 1.29 is 14.6 Å². The first-order valence-electron chi connectivity index (χ1n) is 7.47. The van der Waals surface area contributed by atoms with Gasteiger partial charge >= 0.3 is 0 Å². The molecule has 0 aromatic heterocycles. The van der Waals surface area contributed by atoms with Crippen molar-refractivity contribution in [3.8, 4) is 0 Å². The van der Waals surface area contributed by atoms with Gasteiger partial charge in [-0.15, -0.1) is 0 Å². The second kappa shape index (κ2) is 5.98. The lowest BCUT2D eigenvalue weighted by Gasteiger charge is -2.42. The average Bonchev–Trinajstić information content (AvgIpc) is 2.56. The molecule has 1 saturated heterocycles. The van der Waals surface area contributed by atoms with Crippen LogP contribution < -0.4 is 0 Å². The van der Waals surface area contributed by atoms with Crippen LogP contribution in [-0.2, 0) is 14.9 Å². The molecule has 1 unspecified atom stereocenters. The van der Waals surface area contributed by atoms with Gasteiger partial charge < -0.3 is 14.6 Å². The molecule has 0 spiro atoms. The molecule has 1 aromatic rings. The molecular weight excluding hydrogens is 252 g/mol. The topological polar surface area (TPSA) is 38.7 Å². The van der Waals surface area contributed by atoms with E-state index in [1.54, 1.807) is 0 Å². The normalized spacial score (nSPS) is 23.6. The van der Waals surface area contributed by atoms with Gasteiger partial charge in [0.15, 0.2) is 0 Å². The highest BCUT2D eigenvalue weighted by Crippen LogP contribution is 2.41. The first-order valence-corrected chi connectivity index (χ1v) is 7.47. The Hall–Kier alpha value is -1.32. The molecule has 0 aliphatic carbocycles. The highest BCUT2D eigenvalue weighted by atomic mass is 16.5. The SMILES string of the molecule is OC(C1=CCCCO1)C1(c2ccccc2)CCOCC1. The van der Waals surface area contributed by atoms with Crippen LogP contribution in [0.3, 0.4) is 0 Å². The minimum Gasteiger partial charge on any atom is -0.495 e. The molecule has 20 heavy (non-hydrogen) atoms. The summed E-state index contributed by atoms with van der Waals surface area (Å²) in [6.45, 7) is 2.10. The third-order valence-electron chi connectivity index (χ3n) is 4.49. The molecule has 1 fully saturated rings. The maximum Gasteiger partial charge on any atom is 0.121 e. The quantitative estimate of drug-likeness (QED) is 0.921. The number of hydrogen-bond donors (Lipinski definition) is 1. The molecule has 0 bridgehead atoms. The average molecular weight is 274 g/mol. The molecule has 0 radical (unpaired) electrons. The third-order valence-corrected chi connectivity index (χ3v) is 4.49. The Kier molecular flexibility index (Phi) is 4.08. The van der Waals surface area contributed by atoms with Crippen LogP contribution in [0.2, 0.25) is 0 Å². The van der Waals surface area contributed by atoms with Crippen LogP contribution in [0.1, 0.15) is 31.2 Å². The maximum absolute atomic E-state index is 11.0. The number of hydrogen-bond acceptors (Lipinski definition) is 3. The first kappa shape index (κ1) is 13.7. The monoisotopic (exact) mass is 274 g/mol. The van der Waals surface area contributed by atoms with E-state index in [2.05, 4.69) is 12.1 Å². The lowest BCUT2D eigenvalue weighted by molar-refractivity contribution is -0.0264. The fourth-order valence-electron chi connectivity index (χ4n) is 3.27. The minimum absolute atomic E-state index is 0.275. The van der Waals surface area contributed by atoms with Crippen molar-refractivity contribution in [1.82, 2.24) is 0 Å². The summed E-state index contributed by atoms with van der Waals surface area (Å²) in [5.74, 6) is 0.752. The highest BCUT2D eigenvalue weighted by Gasteiger charge is 2.43. The molecule has 3 rings (SSSR count). The molecule has 0 saturated carbocycles. The van der Waals surface area contributed by atoms with Crippen molar-refractivity contribution >= 4 is 0 Å². The van der Waals surface area contributed by atoms with E-state index in [1.807, 2.05) is 24.3 Å². The molecule has 2 aliphatic rings. The van der Waals surface area contributed by atoms with Crippen molar-refractivity contribution in [3.63, 3.8) is 0 Å². The molecule has 1 aromatic carbocycles. The predicted octanol–water partition coefficient (Wildman–Crippen LogP) is 2.79. The fraction of sp³-hybridized carbons (Fsp3) is 0.529. The lowest BCUT2D eigenvalue weighted by Crippen LogP contribution is -2.46. The predicted molar refractivity (Wildman–Crippen MR) is 77.4 cm³/mol. The van der Waals surface area contributed by atoms with E-state index >= 15 is 0 Å². The van der Waals surface area contributed by atoms with Gasteiger partial charge in [0, 0.05) is 18.6 Å². The van der Waals surface area contributed by atoms with Crippen molar-refractivity contribution in [1.29, 1.82) is 0 Å². The number of rotatable bonds is 3. The van der Waals surface area contributed by atoms with Crippen molar-refractivity contribution in [3.05, 3.63) is 47.7 Å². The lowest BCUT2D eigenvalue weighted by atomic mass is 9.69. The summed E-state index contributed by atoms with van der Waals surface area (Å²) in [7, 11) is 0. The molecule has 0 amide bonds. The molecule has 3 heteroatoms. The zero-order valence-electron chi connectivity index (χ0n) is 11.8. The van der Waals surface area contributed by atoms with Crippen LogP contribution >= 0.6 is 0 Å². The van der Waals surface area contributed by atoms with E-state index < -0.39 is 6.10 Å². The van der Waals surface area contributed by atoms with Gasteiger partial charge in [0.25, 0.3) is 0 Å². The fourth-order valence-corrected chi connectivity index (χ4v) is 3.27. The Labute approximate surface area is 120 Å². The van der Waals surface area contributed by atoms with Crippen LogP contribution in [0, 0.1) is 0 Å². The third kappa shape index (κ3) is 2.48. The minimum atomic E-state index is -0.575. The zero-order chi connectivity index (χ0) is 13.8. The molecular formula is C17H22O3. The maximum atomic E-state index is 11.0. The summed E-state index contributed by atoms with van der Waals surface area (Å²) in [5.41, 5.74) is 0.911. The Bertz CT molecular complexity index is 460. The molecule has 2 aliphatic heterocycles. The van der Waals surface area contributed by atoms with Crippen molar-refractivity contribution in [2.75, 3.05) is 19.8 Å². The molecule has 108 valence electrons. The molecule has 2 heterocycles. The summed E-state index contributed by atoms with van der Waals surface area (Å²) in [5, 5.41) is 11.0. The smallest absolute Gasteiger partial charge is 0.121 e. The Morgan fingerprint density at radius 2 is 1.80 bits per heavy atom. The van der Waals surface area contributed by atoms with Gasteiger partial charge in [-0.2, -0.15) is 0 Å². The van der Waals surface area contributed by atoms with Gasteiger partial charge in [0.05, 0.1) is 6.61 Å². The summed E-state index contributed by atoms with van der Waals surface area (Å²) < 4.78 is 11.2. The number of aliphatic hydroxyl groups excluding tert-OH is 1. The Morgan fingerprint density at radius 3 is 2.45 bits per heavy atom. The van der Waals surface area contributed by atoms with Crippen LogP contribution in [0.5, 0.6) is 0 Å². The van der Waals surface area contributed by atoms with E-state index in [-0.39, 0.29) is 5.41 Å². The van der Waals surface area contributed by atoms with Gasteiger partial charge in [-0.3, -0.25) is 0 Å². The van der Waals surface area contributed by atoms with Gasteiger partial charge in [0.2, 0.25) is 0 Å². The number of allylic oxidation sites excluding steroid dienone is 1. The Morgan fingerprint density at radius 1 is 1.05 bits per heavy atom. The van der Waals surface area contributed by atoms with Crippen molar-refractivity contribution in [2.24, 2.45) is 0 Å². The van der Waals surface area contributed by atoms with Gasteiger partial charge in [-0.05, 0) is 37.3 Å². The summed E-state index contributed by atoms with van der Waals surface area (Å²) in [4.78, 5) is 0. The van der Waals surface area contributed by atoms with E-state index in [0.717, 1.165) is 31.4 Å². The van der Waals surface area contributed by atoms with Gasteiger partial charge in [-0.1, -0.05) is 30.3 Å². The highest BCUT2D eigenvalue weighted by molar-refractivity contribution is 5.31. The number of benzene rings is 1. The van der Waals surface area contributed by atoms with E-state index in [4.69, 9.17) is 9.47 Å². The van der Waals surface area contributed by atoms with Crippen LogP contribution in [0.4, 0.5) is 0 Å².